The Balaban J connectivity index is 1.53. The first-order valence-electron chi connectivity index (χ1n) is 13.5. The molecule has 0 fully saturated rings. The molecule has 1 N–H and O–H groups in total. The van der Waals surface area contributed by atoms with E-state index in [4.69, 9.17) is 0 Å². The van der Waals surface area contributed by atoms with Gasteiger partial charge >= 0.3 is 0 Å². The van der Waals surface area contributed by atoms with Crippen LogP contribution in [0.4, 0.5) is 0 Å². The van der Waals surface area contributed by atoms with Gasteiger partial charge < -0.3 is 5.11 Å². The van der Waals surface area contributed by atoms with Gasteiger partial charge in [0, 0.05) is 5.56 Å². The van der Waals surface area contributed by atoms with E-state index in [0.717, 1.165) is 38.9 Å². The molecule has 6 aromatic rings. The van der Waals surface area contributed by atoms with Crippen molar-refractivity contribution in [1.82, 2.24) is 0 Å². The molecule has 0 amide bonds. The van der Waals surface area contributed by atoms with Crippen LogP contribution in [0.15, 0.2) is 152 Å². The topological polar surface area (TPSA) is 20.2 Å². The zero-order valence-electron chi connectivity index (χ0n) is 21.4. The van der Waals surface area contributed by atoms with Crippen molar-refractivity contribution in [1.29, 1.82) is 0 Å². The summed E-state index contributed by atoms with van der Waals surface area (Å²) < 4.78 is 0. The molecule has 0 saturated heterocycles. The average molecular weight is 499 g/mol. The minimum absolute atomic E-state index is 0.520. The maximum absolute atomic E-state index is 13.2. The van der Waals surface area contributed by atoms with Gasteiger partial charge in [-0.2, -0.15) is 0 Å². The van der Waals surface area contributed by atoms with Crippen LogP contribution in [0.25, 0.3) is 22.3 Å². The quantitative estimate of drug-likeness (QED) is 0.254. The Kier molecular flexibility index (Phi) is 4.65. The van der Waals surface area contributed by atoms with Gasteiger partial charge in [0.1, 0.15) is 5.60 Å². The molecule has 2 aliphatic carbocycles. The second-order valence-corrected chi connectivity index (χ2v) is 10.6. The van der Waals surface area contributed by atoms with Crippen molar-refractivity contribution in [2.45, 2.75) is 11.0 Å². The van der Waals surface area contributed by atoms with Crippen LogP contribution in [-0.2, 0) is 11.0 Å². The van der Waals surface area contributed by atoms with Crippen molar-refractivity contribution >= 4 is 0 Å². The van der Waals surface area contributed by atoms with Crippen LogP contribution < -0.4 is 0 Å². The molecular weight excluding hydrogens is 472 g/mol. The van der Waals surface area contributed by atoms with Crippen molar-refractivity contribution in [3.63, 3.8) is 0 Å². The van der Waals surface area contributed by atoms with Crippen molar-refractivity contribution in [2.24, 2.45) is 0 Å². The molecule has 0 atom stereocenters. The van der Waals surface area contributed by atoms with E-state index in [0.29, 0.717) is 0 Å². The summed E-state index contributed by atoms with van der Waals surface area (Å²) in [6.45, 7) is 0. The molecule has 0 radical (unpaired) electrons. The lowest BCUT2D eigenvalue weighted by molar-refractivity contribution is 0.119. The van der Waals surface area contributed by atoms with Crippen LogP contribution in [0.1, 0.15) is 38.9 Å². The summed E-state index contributed by atoms with van der Waals surface area (Å²) in [7, 11) is 0. The molecular formula is C38H26O. The van der Waals surface area contributed by atoms with Crippen molar-refractivity contribution in [2.75, 3.05) is 0 Å². The SMILES string of the molecule is OC1(c2ccccc2-c2ccccc2)c2ccccc2C2(c3ccccc3-c3ccccc32)c2ccccc21. The largest absolute Gasteiger partial charge is 0.376 e. The number of aliphatic hydroxyl groups is 1. The lowest BCUT2D eigenvalue weighted by atomic mass is 9.56. The fourth-order valence-corrected chi connectivity index (χ4v) is 7.32. The third-order valence-electron chi connectivity index (χ3n) is 8.80. The predicted octanol–water partition coefficient (Wildman–Crippen LogP) is 8.31. The van der Waals surface area contributed by atoms with E-state index in [2.05, 4.69) is 140 Å². The maximum Gasteiger partial charge on any atom is 0.141 e. The second kappa shape index (κ2) is 8.14. The Morgan fingerprint density at radius 3 is 1.18 bits per heavy atom. The first-order valence-corrected chi connectivity index (χ1v) is 13.5. The molecule has 0 saturated carbocycles. The summed E-state index contributed by atoms with van der Waals surface area (Å²) in [5.41, 5.74) is 10.3. The fourth-order valence-electron chi connectivity index (χ4n) is 7.32. The average Bonchev–Trinajstić information content (AvgIpc) is 3.32. The van der Waals surface area contributed by atoms with Gasteiger partial charge in [-0.1, -0.05) is 152 Å². The minimum atomic E-state index is -1.34. The smallest absolute Gasteiger partial charge is 0.141 e. The Morgan fingerprint density at radius 1 is 0.308 bits per heavy atom. The molecule has 0 aliphatic heterocycles. The van der Waals surface area contributed by atoms with E-state index >= 15 is 0 Å². The van der Waals surface area contributed by atoms with Gasteiger partial charge in [-0.15, -0.1) is 0 Å². The summed E-state index contributed by atoms with van der Waals surface area (Å²) in [5.74, 6) is 0. The third-order valence-corrected chi connectivity index (χ3v) is 8.80. The monoisotopic (exact) mass is 498 g/mol. The highest BCUT2D eigenvalue weighted by Gasteiger charge is 2.55. The normalized spacial score (nSPS) is 15.2. The molecule has 6 aromatic carbocycles. The highest BCUT2D eigenvalue weighted by Crippen LogP contribution is 2.62. The summed E-state index contributed by atoms with van der Waals surface area (Å²) in [4.78, 5) is 0. The van der Waals surface area contributed by atoms with Crippen molar-refractivity contribution in [3.05, 3.63) is 191 Å². The maximum atomic E-state index is 13.2. The Hall–Kier alpha value is -4.72. The summed E-state index contributed by atoms with van der Waals surface area (Å²) in [5, 5.41) is 13.2. The van der Waals surface area contributed by atoms with Gasteiger partial charge in [0.2, 0.25) is 0 Å². The molecule has 0 unspecified atom stereocenters. The number of hydrogen-bond donors (Lipinski definition) is 1. The highest BCUT2D eigenvalue weighted by molar-refractivity contribution is 5.89. The molecule has 1 heteroatoms. The van der Waals surface area contributed by atoms with E-state index < -0.39 is 11.0 Å². The van der Waals surface area contributed by atoms with E-state index in [1.165, 1.54) is 22.3 Å². The summed E-state index contributed by atoms with van der Waals surface area (Å²) in [6.07, 6.45) is 0. The van der Waals surface area contributed by atoms with Crippen LogP contribution in [0.5, 0.6) is 0 Å². The molecule has 8 rings (SSSR count). The molecule has 1 spiro atoms. The molecule has 0 aromatic heterocycles. The van der Waals surface area contributed by atoms with Crippen LogP contribution in [-0.4, -0.2) is 5.11 Å². The second-order valence-electron chi connectivity index (χ2n) is 10.6. The van der Waals surface area contributed by atoms with Gasteiger partial charge in [-0.25, -0.2) is 0 Å². The van der Waals surface area contributed by atoms with Crippen molar-refractivity contribution < 1.29 is 5.11 Å². The zero-order valence-corrected chi connectivity index (χ0v) is 21.4. The molecule has 1 nitrogen and oxygen atoms in total. The van der Waals surface area contributed by atoms with Gasteiger partial charge in [-0.05, 0) is 55.6 Å². The standard InChI is InChI=1S/C38H26O/c39-38(32-21-9-4-16-27(32)26-14-2-1-3-15-26)35-24-12-10-22-33(35)37(34-23-11-13-25-36(34)38)30-19-7-5-17-28(30)29-18-6-8-20-31(29)37/h1-25,39H. The molecule has 0 heterocycles. The number of benzene rings is 6. The number of hydrogen-bond acceptors (Lipinski definition) is 1. The lowest BCUT2D eigenvalue weighted by Gasteiger charge is -2.47. The van der Waals surface area contributed by atoms with Gasteiger partial charge in [0.15, 0.2) is 0 Å². The zero-order chi connectivity index (χ0) is 26.0. The van der Waals surface area contributed by atoms with E-state index in [1.807, 2.05) is 12.1 Å². The first kappa shape index (κ1) is 22.3. The Morgan fingerprint density at radius 2 is 0.667 bits per heavy atom. The van der Waals surface area contributed by atoms with Crippen LogP contribution in [0.3, 0.4) is 0 Å². The van der Waals surface area contributed by atoms with E-state index in [9.17, 15) is 5.11 Å². The highest BCUT2D eigenvalue weighted by atomic mass is 16.3. The molecule has 184 valence electrons. The fraction of sp³-hybridized carbons (Fsp3) is 0.0526. The van der Waals surface area contributed by atoms with Crippen LogP contribution >= 0.6 is 0 Å². The first-order chi connectivity index (χ1) is 19.3. The minimum Gasteiger partial charge on any atom is -0.376 e. The number of fused-ring (bicyclic) bond motifs is 9. The summed E-state index contributed by atoms with van der Waals surface area (Å²) in [6, 6.07) is 53.3. The molecule has 39 heavy (non-hydrogen) atoms. The van der Waals surface area contributed by atoms with Gasteiger partial charge in [-0.3, -0.25) is 0 Å². The van der Waals surface area contributed by atoms with Crippen LogP contribution in [0, 0.1) is 0 Å². The van der Waals surface area contributed by atoms with Gasteiger partial charge in [0.05, 0.1) is 5.41 Å². The predicted molar refractivity (Wildman–Crippen MR) is 158 cm³/mol. The van der Waals surface area contributed by atoms with Crippen LogP contribution in [0.2, 0.25) is 0 Å². The third kappa shape index (κ3) is 2.78. The van der Waals surface area contributed by atoms with E-state index in [-0.39, 0.29) is 0 Å². The van der Waals surface area contributed by atoms with E-state index in [1.54, 1.807) is 0 Å². The molecule has 0 bridgehead atoms. The molecule has 2 aliphatic rings. The van der Waals surface area contributed by atoms with Gasteiger partial charge in [0.25, 0.3) is 0 Å². The summed E-state index contributed by atoms with van der Waals surface area (Å²) >= 11 is 0. The van der Waals surface area contributed by atoms with Crippen molar-refractivity contribution in [3.8, 4) is 22.3 Å². The Labute approximate surface area is 228 Å². The Bertz CT molecular complexity index is 1790. The number of rotatable bonds is 2. The lowest BCUT2D eigenvalue weighted by Crippen LogP contribution is -2.44.